The van der Waals surface area contributed by atoms with Gasteiger partial charge in [0.25, 0.3) is 0 Å². The van der Waals surface area contributed by atoms with Crippen molar-refractivity contribution in [2.45, 2.75) is 13.2 Å². The van der Waals surface area contributed by atoms with Crippen LogP contribution in [0, 0.1) is 0 Å². The lowest BCUT2D eigenvalue weighted by Crippen LogP contribution is -2.42. The number of piperazine rings is 1. The van der Waals surface area contributed by atoms with Crippen molar-refractivity contribution in [3.8, 4) is 16.9 Å². The number of rotatable bonds is 5. The summed E-state index contributed by atoms with van der Waals surface area (Å²) >= 11 is 0. The van der Waals surface area contributed by atoms with E-state index in [9.17, 15) is 8.78 Å². The third kappa shape index (κ3) is 4.06. The van der Waals surface area contributed by atoms with Crippen LogP contribution in [0.1, 0.15) is 5.56 Å². The van der Waals surface area contributed by atoms with Gasteiger partial charge in [-0.3, -0.25) is 4.90 Å². The van der Waals surface area contributed by atoms with Gasteiger partial charge in [0.1, 0.15) is 5.75 Å². The maximum absolute atomic E-state index is 12.7. The maximum atomic E-state index is 12.7. The minimum Gasteiger partial charge on any atom is -0.434 e. The molecule has 2 aromatic carbocycles. The molecule has 5 heteroatoms. The lowest BCUT2D eigenvalue weighted by molar-refractivity contribution is -0.0494. The molecule has 2 aromatic rings. The summed E-state index contributed by atoms with van der Waals surface area (Å²) in [5.74, 6) is 0.218. The quantitative estimate of drug-likeness (QED) is 0.915. The second-order valence-corrected chi connectivity index (χ2v) is 5.56. The van der Waals surface area contributed by atoms with Crippen LogP contribution < -0.4 is 10.1 Å². The van der Waals surface area contributed by atoms with Crippen LogP contribution >= 0.6 is 0 Å². The Morgan fingerprint density at radius 2 is 1.61 bits per heavy atom. The molecule has 122 valence electrons. The van der Waals surface area contributed by atoms with Gasteiger partial charge in [-0.25, -0.2) is 0 Å². The zero-order valence-electron chi connectivity index (χ0n) is 12.8. The Morgan fingerprint density at radius 1 is 0.957 bits per heavy atom. The second-order valence-electron chi connectivity index (χ2n) is 5.56. The first-order chi connectivity index (χ1) is 11.2. The molecule has 1 N–H and O–H groups in total. The van der Waals surface area contributed by atoms with Gasteiger partial charge >= 0.3 is 6.61 Å². The molecular weight excluding hydrogens is 298 g/mol. The van der Waals surface area contributed by atoms with Gasteiger partial charge in [-0.1, -0.05) is 42.5 Å². The number of nitrogens with zero attached hydrogens (tertiary/aromatic N) is 1. The van der Waals surface area contributed by atoms with E-state index in [1.165, 1.54) is 0 Å². The number of halogens is 2. The van der Waals surface area contributed by atoms with Crippen LogP contribution in [-0.4, -0.2) is 37.7 Å². The first-order valence-corrected chi connectivity index (χ1v) is 7.79. The van der Waals surface area contributed by atoms with Crippen molar-refractivity contribution in [2.24, 2.45) is 0 Å². The average Bonchev–Trinajstić information content (AvgIpc) is 2.56. The van der Waals surface area contributed by atoms with Crippen LogP contribution in [0.5, 0.6) is 5.75 Å². The molecular formula is C18H20F2N2O. The van der Waals surface area contributed by atoms with Crippen LogP contribution in [0.3, 0.4) is 0 Å². The molecule has 0 amide bonds. The Kier molecular flexibility index (Phi) is 5.20. The Bertz CT molecular complexity index is 642. The fraction of sp³-hybridized carbons (Fsp3) is 0.333. The molecule has 0 unspecified atom stereocenters. The fourth-order valence-electron chi connectivity index (χ4n) is 2.92. The van der Waals surface area contributed by atoms with E-state index in [1.807, 2.05) is 30.3 Å². The van der Waals surface area contributed by atoms with Crippen LogP contribution in [0.4, 0.5) is 8.78 Å². The van der Waals surface area contributed by atoms with Crippen LogP contribution in [0.15, 0.2) is 48.5 Å². The zero-order chi connectivity index (χ0) is 16.1. The summed E-state index contributed by atoms with van der Waals surface area (Å²) in [7, 11) is 0. The highest BCUT2D eigenvalue weighted by atomic mass is 19.3. The molecule has 3 rings (SSSR count). The monoisotopic (exact) mass is 318 g/mol. The second kappa shape index (κ2) is 7.53. The lowest BCUT2D eigenvalue weighted by Gasteiger charge is -2.28. The molecule has 1 fully saturated rings. The summed E-state index contributed by atoms with van der Waals surface area (Å²) in [6.07, 6.45) is 0. The lowest BCUT2D eigenvalue weighted by atomic mass is 9.98. The van der Waals surface area contributed by atoms with E-state index in [0.717, 1.165) is 43.9 Å². The third-order valence-electron chi connectivity index (χ3n) is 4.01. The summed E-state index contributed by atoms with van der Waals surface area (Å²) < 4.78 is 30.0. The van der Waals surface area contributed by atoms with Crippen molar-refractivity contribution in [2.75, 3.05) is 26.2 Å². The SMILES string of the molecule is FC(F)Oc1ccccc1-c1ccccc1CN1CCNCC1. The topological polar surface area (TPSA) is 24.5 Å². The third-order valence-corrected chi connectivity index (χ3v) is 4.01. The van der Waals surface area contributed by atoms with Crippen molar-refractivity contribution in [3.05, 3.63) is 54.1 Å². The van der Waals surface area contributed by atoms with Crippen LogP contribution in [0.25, 0.3) is 11.1 Å². The highest BCUT2D eigenvalue weighted by Crippen LogP contribution is 2.33. The van der Waals surface area contributed by atoms with Gasteiger partial charge in [-0.05, 0) is 17.2 Å². The van der Waals surface area contributed by atoms with Crippen molar-refractivity contribution < 1.29 is 13.5 Å². The summed E-state index contributed by atoms with van der Waals surface area (Å²) in [5, 5.41) is 3.33. The van der Waals surface area contributed by atoms with E-state index in [2.05, 4.69) is 21.0 Å². The smallest absolute Gasteiger partial charge is 0.387 e. The van der Waals surface area contributed by atoms with Gasteiger partial charge in [0.2, 0.25) is 0 Å². The largest absolute Gasteiger partial charge is 0.434 e. The van der Waals surface area contributed by atoms with E-state index in [1.54, 1.807) is 12.1 Å². The predicted octanol–water partition coefficient (Wildman–Crippen LogP) is 3.36. The predicted molar refractivity (Wildman–Crippen MR) is 86.7 cm³/mol. The van der Waals surface area contributed by atoms with Gasteiger partial charge in [0.05, 0.1) is 0 Å². The molecule has 0 aromatic heterocycles. The molecule has 1 saturated heterocycles. The van der Waals surface area contributed by atoms with Gasteiger partial charge in [-0.2, -0.15) is 8.78 Å². The van der Waals surface area contributed by atoms with Gasteiger partial charge < -0.3 is 10.1 Å². The highest BCUT2D eigenvalue weighted by Gasteiger charge is 2.16. The first kappa shape index (κ1) is 15.9. The summed E-state index contributed by atoms with van der Waals surface area (Å²) in [4.78, 5) is 2.37. The normalized spacial score (nSPS) is 15.8. The number of hydrogen-bond donors (Lipinski definition) is 1. The van der Waals surface area contributed by atoms with Gasteiger partial charge in [0.15, 0.2) is 0 Å². The number of hydrogen-bond acceptors (Lipinski definition) is 3. The van der Waals surface area contributed by atoms with Crippen molar-refractivity contribution in [1.82, 2.24) is 10.2 Å². The molecule has 0 spiro atoms. The summed E-state index contributed by atoms with van der Waals surface area (Å²) in [6.45, 7) is 1.92. The summed E-state index contributed by atoms with van der Waals surface area (Å²) in [5.41, 5.74) is 2.78. The summed E-state index contributed by atoms with van der Waals surface area (Å²) in [6, 6.07) is 14.9. The van der Waals surface area contributed by atoms with E-state index in [0.29, 0.717) is 5.56 Å². The Morgan fingerprint density at radius 3 is 2.35 bits per heavy atom. The van der Waals surface area contributed by atoms with Crippen molar-refractivity contribution in [1.29, 1.82) is 0 Å². The molecule has 1 aliphatic heterocycles. The number of ether oxygens (including phenoxy) is 1. The molecule has 0 aliphatic carbocycles. The fourth-order valence-corrected chi connectivity index (χ4v) is 2.92. The number of para-hydroxylation sites is 1. The minimum atomic E-state index is -2.82. The number of nitrogens with one attached hydrogen (secondary N) is 1. The van der Waals surface area contributed by atoms with E-state index in [-0.39, 0.29) is 5.75 Å². The molecule has 3 nitrogen and oxygen atoms in total. The van der Waals surface area contributed by atoms with Gasteiger partial charge in [-0.15, -0.1) is 0 Å². The molecule has 23 heavy (non-hydrogen) atoms. The number of alkyl halides is 2. The van der Waals surface area contributed by atoms with Crippen LogP contribution in [0.2, 0.25) is 0 Å². The Labute approximate surface area is 134 Å². The average molecular weight is 318 g/mol. The molecule has 1 aliphatic rings. The molecule has 0 bridgehead atoms. The molecule has 0 saturated carbocycles. The molecule has 0 atom stereocenters. The van der Waals surface area contributed by atoms with E-state index < -0.39 is 6.61 Å². The minimum absolute atomic E-state index is 0.218. The van der Waals surface area contributed by atoms with Crippen molar-refractivity contribution >= 4 is 0 Å². The first-order valence-electron chi connectivity index (χ1n) is 7.79. The van der Waals surface area contributed by atoms with E-state index >= 15 is 0 Å². The maximum Gasteiger partial charge on any atom is 0.387 e. The van der Waals surface area contributed by atoms with E-state index in [4.69, 9.17) is 0 Å². The zero-order valence-corrected chi connectivity index (χ0v) is 12.8. The van der Waals surface area contributed by atoms with Crippen LogP contribution in [-0.2, 0) is 6.54 Å². The van der Waals surface area contributed by atoms with Gasteiger partial charge in [0, 0.05) is 38.3 Å². The Hall–Kier alpha value is -1.98. The highest BCUT2D eigenvalue weighted by molar-refractivity contribution is 5.73. The van der Waals surface area contributed by atoms with Crippen molar-refractivity contribution in [3.63, 3.8) is 0 Å². The standard InChI is InChI=1S/C18H20F2N2O/c19-18(20)23-17-8-4-3-7-16(17)15-6-2-1-5-14(15)13-22-11-9-21-10-12-22/h1-8,18,21H,9-13H2. The number of benzene rings is 2. The molecule has 1 heterocycles. The molecule has 0 radical (unpaired) electrons. The Balaban J connectivity index is 1.91.